The van der Waals surface area contributed by atoms with Crippen LogP contribution in [-0.2, 0) is 0 Å². The van der Waals surface area contributed by atoms with Crippen LogP contribution in [0.1, 0.15) is 16.1 Å². The Morgan fingerprint density at radius 2 is 1.94 bits per heavy atom. The summed E-state index contributed by atoms with van der Waals surface area (Å²) in [6.45, 7) is 1.14. The molecule has 0 aliphatic carbocycles. The first-order valence-electron chi connectivity index (χ1n) is 11.3. The Labute approximate surface area is 204 Å². The molecule has 6 rings (SSSR count). The number of benzene rings is 1. The fourth-order valence-electron chi connectivity index (χ4n) is 4.57. The van der Waals surface area contributed by atoms with E-state index in [2.05, 4.69) is 25.9 Å². The van der Waals surface area contributed by atoms with Crippen molar-refractivity contribution < 1.29 is 14.7 Å². The molecule has 0 unspecified atom stereocenters. The van der Waals surface area contributed by atoms with Crippen molar-refractivity contribution >= 4 is 50.7 Å². The number of rotatable bonds is 4. The van der Waals surface area contributed by atoms with Gasteiger partial charge in [-0.2, -0.15) is 0 Å². The molecule has 2 atom stereocenters. The summed E-state index contributed by atoms with van der Waals surface area (Å²) in [7, 11) is 0. The molecule has 2 aliphatic rings. The highest BCUT2D eigenvalue weighted by atomic mass is 32.1. The molecule has 10 heteroatoms. The van der Waals surface area contributed by atoms with E-state index in [-0.39, 0.29) is 11.9 Å². The van der Waals surface area contributed by atoms with Crippen LogP contribution >= 0.6 is 11.3 Å². The van der Waals surface area contributed by atoms with E-state index in [1.807, 2.05) is 42.5 Å². The Balaban J connectivity index is 1.39. The molecule has 9 nitrogen and oxygen atoms in total. The summed E-state index contributed by atoms with van der Waals surface area (Å²) in [5, 5.41) is 19.8. The van der Waals surface area contributed by atoms with E-state index in [1.165, 1.54) is 16.2 Å². The van der Waals surface area contributed by atoms with Gasteiger partial charge in [0.05, 0.1) is 28.9 Å². The minimum atomic E-state index is -0.667. The van der Waals surface area contributed by atoms with Gasteiger partial charge in [0.2, 0.25) is 0 Å². The summed E-state index contributed by atoms with van der Waals surface area (Å²) in [6.07, 6.45) is 3.26. The molecular weight excluding hydrogens is 464 g/mol. The van der Waals surface area contributed by atoms with E-state index in [4.69, 9.17) is 0 Å². The minimum Gasteiger partial charge on any atom is -0.390 e. The van der Waals surface area contributed by atoms with Gasteiger partial charge in [-0.15, -0.1) is 11.3 Å². The van der Waals surface area contributed by atoms with Crippen molar-refractivity contribution in [3.05, 3.63) is 65.8 Å². The minimum absolute atomic E-state index is 0.335. The number of aromatic nitrogens is 2. The number of nitrogens with zero attached hydrogens (tertiary/aromatic N) is 3. The molecule has 4 aromatic rings. The highest BCUT2D eigenvalue weighted by Crippen LogP contribution is 2.45. The Kier molecular flexibility index (Phi) is 5.40. The maximum absolute atomic E-state index is 13.3. The second-order valence-corrected chi connectivity index (χ2v) is 9.49. The first kappa shape index (κ1) is 21.7. The van der Waals surface area contributed by atoms with E-state index in [9.17, 15) is 14.7 Å². The number of carbonyl (C=O) groups is 2. The second-order valence-electron chi connectivity index (χ2n) is 8.49. The Morgan fingerprint density at radius 3 is 2.77 bits per heavy atom. The normalized spacial score (nSPS) is 19.5. The number of nitrogens with one attached hydrogen (secondary N) is 3. The topological polar surface area (TPSA) is 119 Å². The molecule has 0 radical (unpaired) electrons. The molecule has 0 bridgehead atoms. The molecule has 35 heavy (non-hydrogen) atoms. The summed E-state index contributed by atoms with van der Waals surface area (Å²) in [4.78, 5) is 37.9. The first-order valence-corrected chi connectivity index (χ1v) is 12.2. The summed E-state index contributed by atoms with van der Waals surface area (Å²) in [6, 6.07) is 14.6. The Bertz CT molecular complexity index is 1440. The number of urea groups is 1. The van der Waals surface area contributed by atoms with Crippen LogP contribution in [0.4, 0.5) is 22.0 Å². The number of piperidine rings is 1. The highest BCUT2D eigenvalue weighted by Gasteiger charge is 2.34. The van der Waals surface area contributed by atoms with Gasteiger partial charge in [0.15, 0.2) is 0 Å². The van der Waals surface area contributed by atoms with Crippen molar-refractivity contribution in [2.24, 2.45) is 0 Å². The van der Waals surface area contributed by atoms with E-state index in [0.717, 1.165) is 11.1 Å². The van der Waals surface area contributed by atoms with Crippen LogP contribution in [0, 0.1) is 0 Å². The Morgan fingerprint density at radius 1 is 1.11 bits per heavy atom. The molecule has 2 aliphatic heterocycles. The van der Waals surface area contributed by atoms with Gasteiger partial charge >= 0.3 is 6.03 Å². The van der Waals surface area contributed by atoms with Gasteiger partial charge in [-0.3, -0.25) is 4.79 Å². The fraction of sp³-hybridized carbons (Fsp3) is 0.200. The summed E-state index contributed by atoms with van der Waals surface area (Å²) in [5.74, 6) is 0.134. The molecule has 3 amide bonds. The number of pyridine rings is 2. The molecule has 4 N–H and O–H groups in total. The number of β-amino-alcohol motifs (C(OH)–C–C–N with tert-alkyl or cyclic N) is 1. The van der Waals surface area contributed by atoms with Gasteiger partial charge in [0.1, 0.15) is 15.5 Å². The molecule has 176 valence electrons. The molecular formula is C25H22N6O3S. The third-order valence-corrected chi connectivity index (χ3v) is 7.40. The maximum Gasteiger partial charge on any atom is 0.332 e. The molecule has 1 aromatic carbocycles. The summed E-state index contributed by atoms with van der Waals surface area (Å²) in [5.41, 5.74) is 3.01. The number of hydrogen-bond donors (Lipinski definition) is 4. The van der Waals surface area contributed by atoms with Gasteiger partial charge in [-0.05, 0) is 42.3 Å². The average Bonchev–Trinajstić information content (AvgIpc) is 3.26. The zero-order valence-corrected chi connectivity index (χ0v) is 19.4. The lowest BCUT2D eigenvalue weighted by atomic mass is 10.0. The van der Waals surface area contributed by atoms with Crippen molar-refractivity contribution in [1.29, 1.82) is 0 Å². The first-order chi connectivity index (χ1) is 17.1. The number of hydrogen-bond acceptors (Lipinski definition) is 7. The highest BCUT2D eigenvalue weighted by molar-refractivity contribution is 7.21. The van der Waals surface area contributed by atoms with Gasteiger partial charge in [0, 0.05) is 18.9 Å². The SMILES string of the molecule is O=C(N[C@@H]1CCNC[C@H]1O)c1sc2nccc3c2c1NC(=O)N3c1cc(-c2ccccc2)ccn1. The summed E-state index contributed by atoms with van der Waals surface area (Å²) < 4.78 is 0. The molecule has 5 heterocycles. The third kappa shape index (κ3) is 3.81. The number of aliphatic hydroxyl groups excluding tert-OH is 1. The van der Waals surface area contributed by atoms with E-state index in [0.29, 0.717) is 51.8 Å². The smallest absolute Gasteiger partial charge is 0.332 e. The van der Waals surface area contributed by atoms with Crippen LogP contribution in [0.25, 0.3) is 21.3 Å². The van der Waals surface area contributed by atoms with Gasteiger partial charge in [0.25, 0.3) is 5.91 Å². The zero-order valence-electron chi connectivity index (χ0n) is 18.6. The van der Waals surface area contributed by atoms with Crippen molar-refractivity contribution in [3.8, 4) is 11.1 Å². The number of amides is 3. The fourth-order valence-corrected chi connectivity index (χ4v) is 5.59. The predicted octanol–water partition coefficient (Wildman–Crippen LogP) is 3.49. The van der Waals surface area contributed by atoms with Gasteiger partial charge in [-0.25, -0.2) is 19.7 Å². The van der Waals surface area contributed by atoms with Crippen molar-refractivity contribution in [2.45, 2.75) is 18.6 Å². The van der Waals surface area contributed by atoms with E-state index < -0.39 is 12.1 Å². The average molecular weight is 487 g/mol. The van der Waals surface area contributed by atoms with Crippen LogP contribution in [0.3, 0.4) is 0 Å². The van der Waals surface area contributed by atoms with Crippen molar-refractivity contribution in [3.63, 3.8) is 0 Å². The summed E-state index contributed by atoms with van der Waals surface area (Å²) >= 11 is 1.22. The van der Waals surface area contributed by atoms with Crippen LogP contribution in [-0.4, -0.2) is 52.2 Å². The molecule has 3 aromatic heterocycles. The van der Waals surface area contributed by atoms with Gasteiger partial charge < -0.3 is 21.1 Å². The predicted molar refractivity (Wildman–Crippen MR) is 135 cm³/mol. The third-order valence-electron chi connectivity index (χ3n) is 6.30. The number of thiophene rings is 1. The van der Waals surface area contributed by atoms with Crippen molar-refractivity contribution in [1.82, 2.24) is 20.6 Å². The maximum atomic E-state index is 13.3. The largest absolute Gasteiger partial charge is 0.390 e. The molecule has 0 saturated carbocycles. The quantitative estimate of drug-likeness (QED) is 0.351. The lowest BCUT2D eigenvalue weighted by Gasteiger charge is -2.29. The number of aliphatic hydroxyl groups is 1. The van der Waals surface area contributed by atoms with Crippen LogP contribution in [0.5, 0.6) is 0 Å². The Hall–Kier alpha value is -3.86. The second kappa shape index (κ2) is 8.73. The monoisotopic (exact) mass is 486 g/mol. The van der Waals surface area contributed by atoms with Crippen LogP contribution in [0.15, 0.2) is 60.9 Å². The number of carbonyl (C=O) groups excluding carboxylic acids is 2. The number of anilines is 3. The molecule has 1 fully saturated rings. The van der Waals surface area contributed by atoms with Crippen LogP contribution < -0.4 is 20.9 Å². The molecule has 0 spiro atoms. The lowest BCUT2D eigenvalue weighted by Crippen LogP contribution is -2.52. The molecule has 1 saturated heterocycles. The van der Waals surface area contributed by atoms with E-state index in [1.54, 1.807) is 18.5 Å². The van der Waals surface area contributed by atoms with Crippen LogP contribution in [0.2, 0.25) is 0 Å². The lowest BCUT2D eigenvalue weighted by molar-refractivity contribution is 0.0769. The van der Waals surface area contributed by atoms with Crippen molar-refractivity contribution in [2.75, 3.05) is 23.3 Å². The standard InChI is InChI=1S/C25H22N6O3S/c32-18-13-26-9-7-16(18)29-23(33)22-21-20-17(8-11-28-24(20)35-22)31(25(34)30-21)19-12-15(6-10-27-19)14-4-2-1-3-5-14/h1-6,8,10-12,16,18,26,32H,7,9,13H2,(H,29,33)(H,30,34)/t16-,18-/m1/s1. The zero-order chi connectivity index (χ0) is 23.9. The van der Waals surface area contributed by atoms with E-state index >= 15 is 0 Å². The van der Waals surface area contributed by atoms with Gasteiger partial charge in [-0.1, -0.05) is 30.3 Å².